The first-order chi connectivity index (χ1) is 9.60. The fraction of sp³-hybridized carbons (Fsp3) is 0.231. The van der Waals surface area contributed by atoms with Crippen molar-refractivity contribution in [2.24, 2.45) is 0 Å². The number of ether oxygens (including phenoxy) is 1. The first kappa shape index (κ1) is 13.9. The minimum atomic E-state index is -0.297. The first-order valence-corrected chi connectivity index (χ1v) is 6.08. The first-order valence-electron chi connectivity index (χ1n) is 6.08. The largest absolute Gasteiger partial charge is 0.399 e. The summed E-state index contributed by atoms with van der Waals surface area (Å²) in [5.74, 6) is -0.297. The van der Waals surface area contributed by atoms with E-state index in [9.17, 15) is 4.79 Å². The molecule has 1 amide bonds. The minimum absolute atomic E-state index is 0.297. The number of hydrogen-bond acceptors (Lipinski definition) is 5. The number of nitrogens with two attached hydrogens (primary N) is 2. The molecule has 0 bridgehead atoms. The van der Waals surface area contributed by atoms with Crippen LogP contribution in [0.5, 0.6) is 0 Å². The van der Waals surface area contributed by atoms with Gasteiger partial charge in [0.25, 0.3) is 5.91 Å². The smallest absolute Gasteiger partial charge is 0.257 e. The molecule has 0 fully saturated rings. The predicted octanol–water partition coefficient (Wildman–Crippen LogP) is 0.946. The van der Waals surface area contributed by atoms with Crippen LogP contribution in [0.4, 0.5) is 17.1 Å². The molecule has 0 spiro atoms. The number of nitrogens with one attached hydrogen (secondary N) is 1. The summed E-state index contributed by atoms with van der Waals surface area (Å²) in [6.07, 6.45) is 3.30. The lowest BCUT2D eigenvalue weighted by atomic mass is 10.1. The molecular weight excluding hydrogens is 258 g/mol. The fourth-order valence-corrected chi connectivity index (χ4v) is 1.72. The van der Waals surface area contributed by atoms with Crippen LogP contribution in [0.15, 0.2) is 30.6 Å². The van der Waals surface area contributed by atoms with Crippen molar-refractivity contribution in [3.8, 4) is 0 Å². The lowest BCUT2D eigenvalue weighted by molar-refractivity contribution is 0.102. The Kier molecular flexibility index (Phi) is 4.21. The van der Waals surface area contributed by atoms with Gasteiger partial charge >= 0.3 is 0 Å². The summed E-state index contributed by atoms with van der Waals surface area (Å²) in [5, 5.41) is 6.84. The van der Waals surface area contributed by atoms with Crippen molar-refractivity contribution in [2.75, 3.05) is 30.5 Å². The summed E-state index contributed by atoms with van der Waals surface area (Å²) in [6.45, 7) is 1.18. The number of rotatable bonds is 5. The summed E-state index contributed by atoms with van der Waals surface area (Å²) in [4.78, 5) is 12.1. The maximum atomic E-state index is 12.1. The second-order valence-corrected chi connectivity index (χ2v) is 4.29. The van der Waals surface area contributed by atoms with Gasteiger partial charge in [0.05, 0.1) is 30.6 Å². The Morgan fingerprint density at radius 1 is 1.45 bits per heavy atom. The van der Waals surface area contributed by atoms with E-state index in [0.29, 0.717) is 35.8 Å². The Bertz CT molecular complexity index is 609. The highest BCUT2D eigenvalue weighted by Crippen LogP contribution is 2.17. The summed E-state index contributed by atoms with van der Waals surface area (Å²) in [7, 11) is 1.62. The normalized spacial score (nSPS) is 10.4. The van der Waals surface area contributed by atoms with Crippen LogP contribution < -0.4 is 16.8 Å². The van der Waals surface area contributed by atoms with E-state index < -0.39 is 0 Å². The molecule has 0 saturated heterocycles. The van der Waals surface area contributed by atoms with E-state index in [0.717, 1.165) is 0 Å². The zero-order chi connectivity index (χ0) is 14.5. The highest BCUT2D eigenvalue weighted by atomic mass is 16.5. The topological polar surface area (TPSA) is 108 Å². The van der Waals surface area contributed by atoms with E-state index >= 15 is 0 Å². The van der Waals surface area contributed by atoms with Crippen molar-refractivity contribution < 1.29 is 9.53 Å². The third-order valence-electron chi connectivity index (χ3n) is 2.74. The maximum absolute atomic E-state index is 12.1. The van der Waals surface area contributed by atoms with Crippen LogP contribution in [0.2, 0.25) is 0 Å². The van der Waals surface area contributed by atoms with Crippen molar-refractivity contribution in [3.63, 3.8) is 0 Å². The summed E-state index contributed by atoms with van der Waals surface area (Å²) < 4.78 is 6.64. The minimum Gasteiger partial charge on any atom is -0.399 e. The molecule has 5 N–H and O–H groups in total. The summed E-state index contributed by atoms with van der Waals surface area (Å²) >= 11 is 0. The van der Waals surface area contributed by atoms with Gasteiger partial charge in [-0.3, -0.25) is 9.48 Å². The lowest BCUT2D eigenvalue weighted by Gasteiger charge is -2.06. The Balaban J connectivity index is 2.05. The van der Waals surface area contributed by atoms with E-state index in [-0.39, 0.29) is 5.91 Å². The molecule has 0 aliphatic carbocycles. The van der Waals surface area contributed by atoms with Gasteiger partial charge in [0, 0.05) is 24.7 Å². The van der Waals surface area contributed by atoms with Crippen molar-refractivity contribution in [1.82, 2.24) is 9.78 Å². The van der Waals surface area contributed by atoms with Crippen molar-refractivity contribution in [2.45, 2.75) is 6.54 Å². The van der Waals surface area contributed by atoms with Crippen LogP contribution in [-0.2, 0) is 11.3 Å². The lowest BCUT2D eigenvalue weighted by Crippen LogP contribution is -2.14. The van der Waals surface area contributed by atoms with Crippen LogP contribution in [0, 0.1) is 0 Å². The van der Waals surface area contributed by atoms with Gasteiger partial charge in [-0.05, 0) is 18.2 Å². The third-order valence-corrected chi connectivity index (χ3v) is 2.74. The number of benzene rings is 1. The molecule has 1 heterocycles. The van der Waals surface area contributed by atoms with Gasteiger partial charge < -0.3 is 21.5 Å². The number of methoxy groups -OCH3 is 1. The van der Waals surface area contributed by atoms with Crippen molar-refractivity contribution in [3.05, 3.63) is 36.2 Å². The van der Waals surface area contributed by atoms with Crippen molar-refractivity contribution in [1.29, 1.82) is 0 Å². The van der Waals surface area contributed by atoms with Crippen LogP contribution in [-0.4, -0.2) is 29.4 Å². The zero-order valence-corrected chi connectivity index (χ0v) is 11.2. The number of anilines is 3. The predicted molar refractivity (Wildman–Crippen MR) is 77.3 cm³/mol. The molecule has 7 heteroatoms. The second kappa shape index (κ2) is 6.07. The van der Waals surface area contributed by atoms with Gasteiger partial charge in [0.2, 0.25) is 0 Å². The molecule has 7 nitrogen and oxygen atoms in total. The van der Waals surface area contributed by atoms with Crippen LogP contribution >= 0.6 is 0 Å². The average molecular weight is 275 g/mol. The third kappa shape index (κ3) is 3.27. The molecule has 0 aliphatic heterocycles. The number of carbonyl (C=O) groups is 1. The standard InChI is InChI=1S/C13H17N5O2/c1-20-5-4-18-8-10(7-16-18)17-13(19)11-3-2-9(14)6-12(11)15/h2-3,6-8H,4-5,14-15H2,1H3,(H,17,19). The fourth-order valence-electron chi connectivity index (χ4n) is 1.72. The zero-order valence-electron chi connectivity index (χ0n) is 11.2. The molecule has 20 heavy (non-hydrogen) atoms. The molecule has 0 saturated carbocycles. The highest BCUT2D eigenvalue weighted by Gasteiger charge is 2.11. The van der Waals surface area contributed by atoms with Crippen LogP contribution in [0.1, 0.15) is 10.4 Å². The van der Waals surface area contributed by atoms with E-state index in [2.05, 4.69) is 10.4 Å². The molecule has 0 unspecified atom stereocenters. The Morgan fingerprint density at radius 3 is 2.95 bits per heavy atom. The monoisotopic (exact) mass is 275 g/mol. The quantitative estimate of drug-likeness (QED) is 0.704. The summed E-state index contributed by atoms with van der Waals surface area (Å²) in [6, 6.07) is 4.78. The Labute approximate surface area is 116 Å². The SMILES string of the molecule is COCCn1cc(NC(=O)c2ccc(N)cc2N)cn1. The molecule has 1 aromatic heterocycles. The van der Waals surface area contributed by atoms with Gasteiger partial charge in [-0.1, -0.05) is 0 Å². The Morgan fingerprint density at radius 2 is 2.25 bits per heavy atom. The van der Waals surface area contributed by atoms with Gasteiger partial charge in [0.15, 0.2) is 0 Å². The molecular formula is C13H17N5O2. The van der Waals surface area contributed by atoms with E-state index in [1.54, 1.807) is 42.4 Å². The summed E-state index contributed by atoms with van der Waals surface area (Å²) in [5.41, 5.74) is 13.2. The van der Waals surface area contributed by atoms with E-state index in [4.69, 9.17) is 16.2 Å². The van der Waals surface area contributed by atoms with E-state index in [1.165, 1.54) is 0 Å². The second-order valence-electron chi connectivity index (χ2n) is 4.29. The van der Waals surface area contributed by atoms with Crippen LogP contribution in [0.3, 0.4) is 0 Å². The number of nitrogens with zero attached hydrogens (tertiary/aromatic N) is 2. The van der Waals surface area contributed by atoms with Gasteiger partial charge in [0.1, 0.15) is 0 Å². The molecule has 2 aromatic rings. The highest BCUT2D eigenvalue weighted by molar-refractivity contribution is 6.07. The number of aromatic nitrogens is 2. The molecule has 0 radical (unpaired) electrons. The maximum Gasteiger partial charge on any atom is 0.257 e. The number of carbonyl (C=O) groups excluding carboxylic acids is 1. The van der Waals surface area contributed by atoms with Gasteiger partial charge in [-0.15, -0.1) is 0 Å². The number of amides is 1. The molecule has 2 rings (SSSR count). The van der Waals surface area contributed by atoms with E-state index in [1.807, 2.05) is 0 Å². The number of hydrogen-bond donors (Lipinski definition) is 3. The average Bonchev–Trinajstić information content (AvgIpc) is 2.83. The van der Waals surface area contributed by atoms with Gasteiger partial charge in [-0.2, -0.15) is 5.10 Å². The van der Waals surface area contributed by atoms with Gasteiger partial charge in [-0.25, -0.2) is 0 Å². The Hall–Kier alpha value is -2.54. The molecule has 106 valence electrons. The van der Waals surface area contributed by atoms with Crippen molar-refractivity contribution >= 4 is 23.0 Å². The molecule has 1 aromatic carbocycles. The molecule has 0 atom stereocenters. The molecule has 0 aliphatic rings. The number of nitrogen functional groups attached to an aromatic ring is 2. The van der Waals surface area contributed by atoms with Crippen LogP contribution in [0.25, 0.3) is 0 Å².